The summed E-state index contributed by atoms with van der Waals surface area (Å²) in [6, 6.07) is 0. The van der Waals surface area contributed by atoms with Crippen molar-refractivity contribution in [1.29, 1.82) is 0 Å². The van der Waals surface area contributed by atoms with Gasteiger partial charge in [0.25, 0.3) is 0 Å². The molecule has 3 nitrogen and oxygen atoms in total. The maximum atomic E-state index is 11.7. The third kappa shape index (κ3) is 11.0. The van der Waals surface area contributed by atoms with Gasteiger partial charge in [0, 0.05) is 25.8 Å². The predicted octanol–water partition coefficient (Wildman–Crippen LogP) is 2.20. The van der Waals surface area contributed by atoms with E-state index in [1.807, 2.05) is 0 Å². The summed E-state index contributed by atoms with van der Waals surface area (Å²) in [5.41, 5.74) is 0. The van der Waals surface area contributed by atoms with Crippen LogP contribution in [0.4, 0.5) is 13.2 Å². The second-order valence-electron chi connectivity index (χ2n) is 3.62. The Balaban J connectivity index is 3.38. The maximum absolute atomic E-state index is 11.7. The number of unbranched alkanes of at least 4 members (excludes halogenated alkanes) is 1. The molecule has 6 heteroatoms. The van der Waals surface area contributed by atoms with Gasteiger partial charge in [0.1, 0.15) is 5.78 Å². The Labute approximate surface area is 92.4 Å². The summed E-state index contributed by atoms with van der Waals surface area (Å²) in [5, 5.41) is 2.47. The molecule has 1 N–H and O–H groups in total. The van der Waals surface area contributed by atoms with Gasteiger partial charge in [-0.1, -0.05) is 0 Å². The fourth-order valence-electron chi connectivity index (χ4n) is 1.06. The predicted molar refractivity (Wildman–Crippen MR) is 52.8 cm³/mol. The number of hydrogen-bond donors (Lipinski definition) is 1. The molecule has 0 unspecified atom stereocenters. The summed E-state index contributed by atoms with van der Waals surface area (Å²) >= 11 is 0. The molecule has 0 aromatic heterocycles. The van der Waals surface area contributed by atoms with E-state index in [1.165, 1.54) is 6.92 Å². The number of ketones is 1. The van der Waals surface area contributed by atoms with Crippen LogP contribution in [0.2, 0.25) is 0 Å². The lowest BCUT2D eigenvalue weighted by Crippen LogP contribution is -2.24. The quantitative estimate of drug-likeness (QED) is 0.692. The molecule has 0 bridgehead atoms. The minimum absolute atomic E-state index is 0.0104. The highest BCUT2D eigenvalue weighted by atomic mass is 19.4. The zero-order valence-corrected chi connectivity index (χ0v) is 9.19. The molecule has 0 atom stereocenters. The van der Waals surface area contributed by atoms with Crippen LogP contribution in [0.3, 0.4) is 0 Å². The van der Waals surface area contributed by atoms with Gasteiger partial charge in [-0.05, 0) is 19.8 Å². The molecule has 0 aromatic carbocycles. The Morgan fingerprint density at radius 3 is 2.25 bits per heavy atom. The number of carbonyl (C=O) groups excluding carboxylic acids is 2. The van der Waals surface area contributed by atoms with Gasteiger partial charge in [-0.2, -0.15) is 13.2 Å². The molecule has 1 amide bonds. The molecule has 0 saturated carbocycles. The van der Waals surface area contributed by atoms with E-state index in [4.69, 9.17) is 0 Å². The maximum Gasteiger partial charge on any atom is 0.389 e. The zero-order valence-electron chi connectivity index (χ0n) is 9.19. The van der Waals surface area contributed by atoms with E-state index in [0.29, 0.717) is 6.42 Å². The highest BCUT2D eigenvalue weighted by molar-refractivity contribution is 5.83. The van der Waals surface area contributed by atoms with Gasteiger partial charge < -0.3 is 10.1 Å². The number of Topliss-reactive ketones (excluding diaryl/α,β-unsaturated/α-hetero) is 1. The zero-order chi connectivity index (χ0) is 12.6. The van der Waals surface area contributed by atoms with Crippen LogP contribution >= 0.6 is 0 Å². The molecule has 0 aromatic rings. The largest absolute Gasteiger partial charge is 0.389 e. The number of alkyl halides is 3. The molecule has 16 heavy (non-hydrogen) atoms. The molecule has 0 spiro atoms. The molecule has 0 aliphatic carbocycles. The molecular weight excluding hydrogens is 223 g/mol. The minimum Gasteiger partial charge on any atom is -0.356 e. The number of amides is 1. The van der Waals surface area contributed by atoms with Crippen LogP contribution < -0.4 is 5.32 Å². The topological polar surface area (TPSA) is 46.2 Å². The van der Waals surface area contributed by atoms with Gasteiger partial charge in [0.05, 0.1) is 0 Å². The Kier molecular flexibility index (Phi) is 6.76. The van der Waals surface area contributed by atoms with Gasteiger partial charge in [0.15, 0.2) is 0 Å². The Hall–Kier alpha value is -1.07. The molecule has 0 rings (SSSR count). The van der Waals surface area contributed by atoms with Crippen molar-refractivity contribution in [1.82, 2.24) is 5.32 Å². The first-order chi connectivity index (χ1) is 7.31. The highest BCUT2D eigenvalue weighted by Gasteiger charge is 2.25. The number of hydrogen-bond acceptors (Lipinski definition) is 2. The third-order valence-corrected chi connectivity index (χ3v) is 1.91. The van der Waals surface area contributed by atoms with Crippen LogP contribution in [0, 0.1) is 0 Å². The van der Waals surface area contributed by atoms with Gasteiger partial charge in [-0.25, -0.2) is 0 Å². The van der Waals surface area contributed by atoms with Crippen molar-refractivity contribution < 1.29 is 22.8 Å². The lowest BCUT2D eigenvalue weighted by atomic mass is 10.2. The van der Waals surface area contributed by atoms with E-state index in [0.717, 1.165) is 0 Å². The van der Waals surface area contributed by atoms with Crippen molar-refractivity contribution in [2.24, 2.45) is 0 Å². The normalized spacial score (nSPS) is 11.2. The van der Waals surface area contributed by atoms with Crippen LogP contribution in [0.15, 0.2) is 0 Å². The molecule has 0 aliphatic rings. The third-order valence-electron chi connectivity index (χ3n) is 1.91. The smallest absolute Gasteiger partial charge is 0.356 e. The standard InChI is InChI=1S/C10H16F3NO2/c1-8(15)4-5-9(16)14-7-3-2-6-10(11,12)13/h2-7H2,1H3,(H,14,16). The molecule has 0 radical (unpaired) electrons. The first-order valence-electron chi connectivity index (χ1n) is 5.14. The average Bonchev–Trinajstić information content (AvgIpc) is 2.12. The Morgan fingerprint density at radius 1 is 1.12 bits per heavy atom. The van der Waals surface area contributed by atoms with E-state index in [2.05, 4.69) is 5.32 Å². The van der Waals surface area contributed by atoms with E-state index >= 15 is 0 Å². The minimum atomic E-state index is -4.13. The first-order valence-corrected chi connectivity index (χ1v) is 5.14. The summed E-state index contributed by atoms with van der Waals surface area (Å²) in [6.07, 6.45) is -4.36. The van der Waals surface area contributed by atoms with E-state index in [9.17, 15) is 22.8 Å². The van der Waals surface area contributed by atoms with Crippen LogP contribution in [-0.2, 0) is 9.59 Å². The van der Waals surface area contributed by atoms with E-state index < -0.39 is 12.6 Å². The number of carbonyl (C=O) groups is 2. The Morgan fingerprint density at radius 2 is 1.75 bits per heavy atom. The first kappa shape index (κ1) is 14.9. The summed E-state index contributed by atoms with van der Waals surface area (Å²) in [6.45, 7) is 1.61. The van der Waals surface area contributed by atoms with Gasteiger partial charge >= 0.3 is 6.18 Å². The van der Waals surface area contributed by atoms with Crippen molar-refractivity contribution in [3.8, 4) is 0 Å². The van der Waals surface area contributed by atoms with Crippen LogP contribution in [-0.4, -0.2) is 24.4 Å². The van der Waals surface area contributed by atoms with E-state index in [1.54, 1.807) is 0 Å². The summed E-state index contributed by atoms with van der Waals surface area (Å²) < 4.78 is 35.2. The number of halogens is 3. The van der Waals surface area contributed by atoms with Gasteiger partial charge in [-0.3, -0.25) is 4.79 Å². The fourth-order valence-corrected chi connectivity index (χ4v) is 1.06. The summed E-state index contributed by atoms with van der Waals surface area (Å²) in [5.74, 6) is -0.366. The van der Waals surface area contributed by atoms with Crippen LogP contribution in [0.5, 0.6) is 0 Å². The number of rotatable bonds is 7. The second-order valence-corrected chi connectivity index (χ2v) is 3.62. The van der Waals surface area contributed by atoms with Crippen LogP contribution in [0.1, 0.15) is 39.0 Å². The monoisotopic (exact) mass is 239 g/mol. The molecule has 0 aliphatic heterocycles. The van der Waals surface area contributed by atoms with Crippen molar-refractivity contribution >= 4 is 11.7 Å². The van der Waals surface area contributed by atoms with Crippen molar-refractivity contribution in [2.75, 3.05) is 6.54 Å². The molecule has 0 saturated heterocycles. The fraction of sp³-hybridized carbons (Fsp3) is 0.800. The van der Waals surface area contributed by atoms with E-state index in [-0.39, 0.29) is 37.5 Å². The average molecular weight is 239 g/mol. The second kappa shape index (κ2) is 7.24. The lowest BCUT2D eigenvalue weighted by molar-refractivity contribution is -0.135. The molecule has 94 valence electrons. The van der Waals surface area contributed by atoms with Crippen molar-refractivity contribution in [2.45, 2.75) is 45.2 Å². The lowest BCUT2D eigenvalue weighted by Gasteiger charge is -2.06. The van der Waals surface area contributed by atoms with Crippen molar-refractivity contribution in [3.05, 3.63) is 0 Å². The van der Waals surface area contributed by atoms with Gasteiger partial charge in [0.2, 0.25) is 5.91 Å². The summed E-state index contributed by atoms with van der Waals surface area (Å²) in [7, 11) is 0. The molecule has 0 fully saturated rings. The summed E-state index contributed by atoms with van der Waals surface area (Å²) in [4.78, 5) is 21.6. The Bertz CT molecular complexity index is 239. The highest BCUT2D eigenvalue weighted by Crippen LogP contribution is 2.21. The molecular formula is C10H16F3NO2. The number of nitrogens with one attached hydrogen (secondary N) is 1. The SMILES string of the molecule is CC(=O)CCC(=O)NCCCCC(F)(F)F. The van der Waals surface area contributed by atoms with Gasteiger partial charge in [-0.15, -0.1) is 0 Å². The molecule has 0 heterocycles. The van der Waals surface area contributed by atoms with Crippen LogP contribution in [0.25, 0.3) is 0 Å². The van der Waals surface area contributed by atoms with Crippen molar-refractivity contribution in [3.63, 3.8) is 0 Å².